The summed E-state index contributed by atoms with van der Waals surface area (Å²) >= 11 is 0. The van der Waals surface area contributed by atoms with Gasteiger partial charge in [-0.1, -0.05) is 12.1 Å². The number of sulfone groups is 1. The third-order valence-electron chi connectivity index (χ3n) is 3.78. The molecule has 0 aromatic heterocycles. The highest BCUT2D eigenvalue weighted by Crippen LogP contribution is 2.22. The predicted molar refractivity (Wildman–Crippen MR) is 88.6 cm³/mol. The van der Waals surface area contributed by atoms with E-state index in [1.54, 1.807) is 29.2 Å². The van der Waals surface area contributed by atoms with E-state index in [1.165, 1.54) is 6.26 Å². The van der Waals surface area contributed by atoms with Gasteiger partial charge < -0.3 is 10.2 Å². The zero-order valence-electron chi connectivity index (χ0n) is 13.6. The summed E-state index contributed by atoms with van der Waals surface area (Å²) in [7, 11) is -3.13. The molecule has 0 saturated carbocycles. The minimum Gasteiger partial charge on any atom is -0.339 e. The van der Waals surface area contributed by atoms with Gasteiger partial charge in [0.15, 0.2) is 9.84 Å². The molecule has 1 N–H and O–H groups in total. The van der Waals surface area contributed by atoms with Crippen molar-refractivity contribution in [1.82, 2.24) is 4.90 Å². The highest BCUT2D eigenvalue weighted by Gasteiger charge is 2.35. The summed E-state index contributed by atoms with van der Waals surface area (Å²) in [5, 5.41) is 2.78. The van der Waals surface area contributed by atoms with E-state index >= 15 is 0 Å². The van der Waals surface area contributed by atoms with Gasteiger partial charge in [-0.25, -0.2) is 8.42 Å². The van der Waals surface area contributed by atoms with Crippen molar-refractivity contribution in [2.75, 3.05) is 18.1 Å². The van der Waals surface area contributed by atoms with Gasteiger partial charge in [0.05, 0.1) is 11.7 Å². The van der Waals surface area contributed by atoms with Crippen LogP contribution in [0.2, 0.25) is 0 Å². The Morgan fingerprint density at radius 2 is 2.09 bits per heavy atom. The third-order valence-corrected chi connectivity index (χ3v) is 4.63. The minimum atomic E-state index is -3.13. The first-order valence-electron chi connectivity index (χ1n) is 7.52. The number of likely N-dealkylation sites (tertiary alicyclic amines) is 1. The first-order valence-corrected chi connectivity index (χ1v) is 9.59. The Morgan fingerprint density at radius 3 is 2.65 bits per heavy atom. The number of hydrogen-bond acceptors (Lipinski definition) is 4. The van der Waals surface area contributed by atoms with Crippen LogP contribution < -0.4 is 5.32 Å². The summed E-state index contributed by atoms with van der Waals surface area (Å²) in [5.74, 6) is -0.660. The highest BCUT2D eigenvalue weighted by molar-refractivity contribution is 7.89. The summed E-state index contributed by atoms with van der Waals surface area (Å²) < 4.78 is 22.7. The second-order valence-electron chi connectivity index (χ2n) is 6.30. The smallest absolute Gasteiger partial charge is 0.229 e. The number of amides is 2. The first-order chi connectivity index (χ1) is 10.7. The highest BCUT2D eigenvalue weighted by atomic mass is 32.2. The molecule has 0 radical (unpaired) electrons. The number of carbonyl (C=O) groups is 2. The molecule has 23 heavy (non-hydrogen) atoms. The summed E-state index contributed by atoms with van der Waals surface area (Å²) in [6.07, 6.45) is 1.38. The van der Waals surface area contributed by atoms with Gasteiger partial charge in [0, 0.05) is 31.0 Å². The van der Waals surface area contributed by atoms with E-state index in [4.69, 9.17) is 0 Å². The Hall–Kier alpha value is -1.89. The zero-order chi connectivity index (χ0) is 17.2. The van der Waals surface area contributed by atoms with Gasteiger partial charge in [0.25, 0.3) is 0 Å². The van der Waals surface area contributed by atoms with E-state index < -0.39 is 9.84 Å². The molecule has 1 unspecified atom stereocenters. The molecule has 2 rings (SSSR count). The maximum atomic E-state index is 12.3. The fourth-order valence-corrected chi connectivity index (χ4v) is 3.48. The maximum Gasteiger partial charge on any atom is 0.229 e. The first kappa shape index (κ1) is 17.5. The molecule has 1 saturated heterocycles. The number of nitrogens with one attached hydrogen (secondary N) is 1. The standard InChI is InChI=1S/C16H22N2O4S/c1-11(2)18-9-13(8-15(18)19)16(20)17-14-6-4-5-12(7-14)10-23(3,21)22/h4-7,11,13H,8-10H2,1-3H3,(H,17,20). The molecule has 0 spiro atoms. The Kier molecular flexibility index (Phi) is 5.09. The Bertz CT molecular complexity index is 713. The van der Waals surface area contributed by atoms with Gasteiger partial charge in [-0.15, -0.1) is 0 Å². The second-order valence-corrected chi connectivity index (χ2v) is 8.44. The molecule has 0 bridgehead atoms. The Morgan fingerprint density at radius 1 is 1.39 bits per heavy atom. The fourth-order valence-electron chi connectivity index (χ4n) is 2.69. The lowest BCUT2D eigenvalue weighted by molar-refractivity contribution is -0.129. The van der Waals surface area contributed by atoms with E-state index in [9.17, 15) is 18.0 Å². The summed E-state index contributed by atoms with van der Waals surface area (Å²) in [4.78, 5) is 25.9. The number of benzene rings is 1. The Labute approximate surface area is 136 Å². The molecule has 2 amide bonds. The van der Waals surface area contributed by atoms with Crippen molar-refractivity contribution >= 4 is 27.3 Å². The van der Waals surface area contributed by atoms with E-state index in [1.807, 2.05) is 13.8 Å². The number of rotatable bonds is 5. The van der Waals surface area contributed by atoms with Crippen molar-refractivity contribution in [2.45, 2.75) is 32.1 Å². The third kappa shape index (κ3) is 4.79. The molecule has 126 valence electrons. The molecule has 1 aliphatic heterocycles. The van der Waals surface area contributed by atoms with Gasteiger partial charge >= 0.3 is 0 Å². The average molecular weight is 338 g/mol. The topological polar surface area (TPSA) is 83.6 Å². The lowest BCUT2D eigenvalue weighted by Gasteiger charge is -2.20. The van der Waals surface area contributed by atoms with Crippen LogP contribution in [0.4, 0.5) is 5.69 Å². The van der Waals surface area contributed by atoms with Crippen LogP contribution in [-0.2, 0) is 25.2 Å². The SMILES string of the molecule is CC(C)N1CC(C(=O)Nc2cccc(CS(C)(=O)=O)c2)CC1=O. The lowest BCUT2D eigenvalue weighted by Crippen LogP contribution is -2.33. The van der Waals surface area contributed by atoms with Crippen molar-refractivity contribution in [1.29, 1.82) is 0 Å². The number of hydrogen-bond donors (Lipinski definition) is 1. The monoisotopic (exact) mass is 338 g/mol. The van der Waals surface area contributed by atoms with Crippen LogP contribution in [-0.4, -0.2) is 44.0 Å². The van der Waals surface area contributed by atoms with Crippen molar-refractivity contribution in [2.24, 2.45) is 5.92 Å². The second kappa shape index (κ2) is 6.70. The minimum absolute atomic E-state index is 0.00835. The largest absolute Gasteiger partial charge is 0.339 e. The molecular weight excluding hydrogens is 316 g/mol. The summed E-state index contributed by atoms with van der Waals surface area (Å²) in [6.45, 7) is 4.27. The van der Waals surface area contributed by atoms with E-state index in [0.717, 1.165) is 0 Å². The van der Waals surface area contributed by atoms with Crippen LogP contribution in [0.25, 0.3) is 0 Å². The molecule has 1 heterocycles. The van der Waals surface area contributed by atoms with E-state index in [-0.39, 0.29) is 35.9 Å². The molecular formula is C16H22N2O4S. The maximum absolute atomic E-state index is 12.3. The lowest BCUT2D eigenvalue weighted by atomic mass is 10.1. The van der Waals surface area contributed by atoms with E-state index in [0.29, 0.717) is 17.8 Å². The van der Waals surface area contributed by atoms with Crippen LogP contribution in [0.1, 0.15) is 25.8 Å². The van der Waals surface area contributed by atoms with Crippen molar-refractivity contribution < 1.29 is 18.0 Å². The molecule has 7 heteroatoms. The van der Waals surface area contributed by atoms with Gasteiger partial charge in [0.2, 0.25) is 11.8 Å². The number of carbonyl (C=O) groups excluding carboxylic acids is 2. The van der Waals surface area contributed by atoms with Crippen LogP contribution >= 0.6 is 0 Å². The van der Waals surface area contributed by atoms with Crippen molar-refractivity contribution in [3.63, 3.8) is 0 Å². The van der Waals surface area contributed by atoms with Crippen molar-refractivity contribution in [3.8, 4) is 0 Å². The molecule has 6 nitrogen and oxygen atoms in total. The van der Waals surface area contributed by atoms with Gasteiger partial charge in [-0.3, -0.25) is 9.59 Å². The molecule has 1 atom stereocenters. The van der Waals surface area contributed by atoms with Crippen LogP contribution in [0.15, 0.2) is 24.3 Å². The quantitative estimate of drug-likeness (QED) is 0.880. The molecule has 0 aliphatic carbocycles. The van der Waals surface area contributed by atoms with Gasteiger partial charge in [-0.05, 0) is 31.5 Å². The molecule has 1 aromatic carbocycles. The summed E-state index contributed by atoms with van der Waals surface area (Å²) in [6, 6.07) is 6.85. The zero-order valence-corrected chi connectivity index (χ0v) is 14.4. The average Bonchev–Trinajstić information content (AvgIpc) is 2.79. The predicted octanol–water partition coefficient (Wildman–Crippen LogP) is 1.43. The normalized spacial score (nSPS) is 18.5. The van der Waals surface area contributed by atoms with Crippen LogP contribution in [0.5, 0.6) is 0 Å². The van der Waals surface area contributed by atoms with Crippen LogP contribution in [0.3, 0.4) is 0 Å². The van der Waals surface area contributed by atoms with Gasteiger partial charge in [0.1, 0.15) is 0 Å². The van der Waals surface area contributed by atoms with Gasteiger partial charge in [-0.2, -0.15) is 0 Å². The Balaban J connectivity index is 2.04. The van der Waals surface area contributed by atoms with Crippen molar-refractivity contribution in [3.05, 3.63) is 29.8 Å². The molecule has 1 aromatic rings. The molecule has 1 aliphatic rings. The van der Waals surface area contributed by atoms with Crippen LogP contribution in [0, 0.1) is 5.92 Å². The summed E-state index contributed by atoms with van der Waals surface area (Å²) in [5.41, 5.74) is 1.17. The fraction of sp³-hybridized carbons (Fsp3) is 0.500. The van der Waals surface area contributed by atoms with E-state index in [2.05, 4.69) is 5.32 Å². The number of anilines is 1. The molecule has 1 fully saturated rings. The number of nitrogens with zero attached hydrogens (tertiary/aromatic N) is 1.